The van der Waals surface area contributed by atoms with Crippen LogP contribution in [0, 0.1) is 13.8 Å². The van der Waals surface area contributed by atoms with E-state index in [0.29, 0.717) is 0 Å². The number of hydrogen-bond acceptors (Lipinski definition) is 5. The fourth-order valence-corrected chi connectivity index (χ4v) is 3.35. The number of rotatable bonds is 6. The molecule has 0 saturated heterocycles. The lowest BCUT2D eigenvalue weighted by Crippen LogP contribution is -2.14. The molecule has 1 N–H and O–H groups in total. The minimum absolute atomic E-state index is 0.0673. The van der Waals surface area contributed by atoms with Crippen molar-refractivity contribution in [3.8, 4) is 11.4 Å². The number of furan rings is 1. The Bertz CT molecular complexity index is 885. The maximum Gasteiger partial charge on any atom is 0.234 e. The number of carbonyl (C=O) groups is 1. The number of amides is 1. The van der Waals surface area contributed by atoms with Gasteiger partial charge in [0.05, 0.1) is 17.6 Å². The quantitative estimate of drug-likeness (QED) is 0.678. The molecule has 0 radical (unpaired) electrons. The number of aromatic nitrogens is 3. The average Bonchev–Trinajstić information content (AvgIpc) is 3.18. The summed E-state index contributed by atoms with van der Waals surface area (Å²) in [7, 11) is 0. The Kier molecular flexibility index (Phi) is 5.23. The number of thioether (sulfide) groups is 1. The van der Waals surface area contributed by atoms with Gasteiger partial charge in [0.2, 0.25) is 5.91 Å². The van der Waals surface area contributed by atoms with Crippen LogP contribution in [-0.2, 0) is 11.3 Å². The van der Waals surface area contributed by atoms with Gasteiger partial charge in [-0.1, -0.05) is 23.9 Å². The third-order valence-corrected chi connectivity index (χ3v) is 4.73. The molecule has 2 aromatic heterocycles. The van der Waals surface area contributed by atoms with Gasteiger partial charge in [-0.05, 0) is 44.5 Å². The number of benzene rings is 1. The standard InChI is InChI=1S/C18H20N4O2S/c1-4-22-17(15-8-9-24-13(15)3)20-21-18(22)25-11-16(23)19-14-7-5-6-12(2)10-14/h5-10H,4,11H2,1-3H3,(H,19,23). The second kappa shape index (κ2) is 7.57. The molecular formula is C18H20N4O2S. The summed E-state index contributed by atoms with van der Waals surface area (Å²) in [4.78, 5) is 12.2. The monoisotopic (exact) mass is 356 g/mol. The van der Waals surface area contributed by atoms with Gasteiger partial charge in [0.1, 0.15) is 5.76 Å². The van der Waals surface area contributed by atoms with Crippen LogP contribution in [0.25, 0.3) is 11.4 Å². The fraction of sp³-hybridized carbons (Fsp3) is 0.278. The topological polar surface area (TPSA) is 73.0 Å². The minimum atomic E-state index is -0.0673. The lowest BCUT2D eigenvalue weighted by atomic mass is 10.2. The van der Waals surface area contributed by atoms with E-state index in [9.17, 15) is 4.79 Å². The van der Waals surface area contributed by atoms with Crippen molar-refractivity contribution in [2.24, 2.45) is 0 Å². The summed E-state index contributed by atoms with van der Waals surface area (Å²) in [6.07, 6.45) is 1.64. The number of nitrogens with zero attached hydrogens (tertiary/aromatic N) is 3. The minimum Gasteiger partial charge on any atom is -0.469 e. The van der Waals surface area contributed by atoms with Crippen LogP contribution in [0.3, 0.4) is 0 Å². The number of carbonyl (C=O) groups excluding carboxylic acids is 1. The molecule has 0 aliphatic rings. The Morgan fingerprint density at radius 3 is 2.80 bits per heavy atom. The van der Waals surface area contributed by atoms with Crippen LogP contribution in [0.15, 0.2) is 46.2 Å². The molecule has 0 fully saturated rings. The van der Waals surface area contributed by atoms with E-state index in [1.54, 1.807) is 6.26 Å². The number of nitrogens with one attached hydrogen (secondary N) is 1. The predicted molar refractivity (Wildman–Crippen MR) is 98.7 cm³/mol. The summed E-state index contributed by atoms with van der Waals surface area (Å²) < 4.78 is 7.34. The third-order valence-electron chi connectivity index (χ3n) is 3.77. The highest BCUT2D eigenvalue weighted by molar-refractivity contribution is 7.99. The van der Waals surface area contributed by atoms with E-state index >= 15 is 0 Å². The summed E-state index contributed by atoms with van der Waals surface area (Å²) in [5.74, 6) is 1.77. The second-order valence-corrected chi connectivity index (χ2v) is 6.59. The predicted octanol–water partition coefficient (Wildman–Crippen LogP) is 3.91. The highest BCUT2D eigenvalue weighted by Gasteiger charge is 2.17. The van der Waals surface area contributed by atoms with Crippen molar-refractivity contribution in [3.05, 3.63) is 47.9 Å². The Morgan fingerprint density at radius 2 is 2.12 bits per heavy atom. The summed E-state index contributed by atoms with van der Waals surface area (Å²) in [6, 6.07) is 9.62. The summed E-state index contributed by atoms with van der Waals surface area (Å²) in [6.45, 7) is 6.63. The largest absolute Gasteiger partial charge is 0.469 e. The fourth-order valence-electron chi connectivity index (χ4n) is 2.55. The average molecular weight is 356 g/mol. The molecule has 3 rings (SSSR count). The van der Waals surface area contributed by atoms with Gasteiger partial charge in [-0.3, -0.25) is 4.79 Å². The molecule has 6 nitrogen and oxygen atoms in total. The maximum absolute atomic E-state index is 12.2. The molecule has 0 aliphatic carbocycles. The van der Waals surface area contributed by atoms with Gasteiger partial charge in [-0.25, -0.2) is 0 Å². The van der Waals surface area contributed by atoms with E-state index in [1.807, 2.05) is 55.7 Å². The van der Waals surface area contributed by atoms with Gasteiger partial charge in [-0.2, -0.15) is 0 Å². The Balaban J connectivity index is 1.68. The molecule has 1 amide bonds. The summed E-state index contributed by atoms with van der Waals surface area (Å²) >= 11 is 1.37. The van der Waals surface area contributed by atoms with Crippen molar-refractivity contribution < 1.29 is 9.21 Å². The second-order valence-electron chi connectivity index (χ2n) is 5.65. The maximum atomic E-state index is 12.2. The van der Waals surface area contributed by atoms with Crippen LogP contribution in [-0.4, -0.2) is 26.4 Å². The summed E-state index contributed by atoms with van der Waals surface area (Å²) in [5, 5.41) is 12.1. The lowest BCUT2D eigenvalue weighted by molar-refractivity contribution is -0.113. The molecular weight excluding hydrogens is 336 g/mol. The van der Waals surface area contributed by atoms with Crippen LogP contribution < -0.4 is 5.32 Å². The van der Waals surface area contributed by atoms with Crippen molar-refractivity contribution in [1.82, 2.24) is 14.8 Å². The molecule has 0 unspecified atom stereocenters. The van der Waals surface area contributed by atoms with Crippen LogP contribution in [0.2, 0.25) is 0 Å². The van der Waals surface area contributed by atoms with Crippen LogP contribution in [0.4, 0.5) is 5.69 Å². The Labute approximate surface area is 150 Å². The van der Waals surface area contributed by atoms with Gasteiger partial charge in [0.25, 0.3) is 0 Å². The van der Waals surface area contributed by atoms with Crippen LogP contribution in [0.1, 0.15) is 18.2 Å². The summed E-state index contributed by atoms with van der Waals surface area (Å²) in [5.41, 5.74) is 2.83. The van der Waals surface area contributed by atoms with Gasteiger partial charge < -0.3 is 14.3 Å². The number of hydrogen-bond donors (Lipinski definition) is 1. The SMILES string of the molecule is CCn1c(SCC(=O)Nc2cccc(C)c2)nnc1-c1ccoc1C. The van der Waals surface area contributed by atoms with Crippen molar-refractivity contribution in [2.75, 3.05) is 11.1 Å². The first-order valence-electron chi connectivity index (χ1n) is 8.05. The zero-order valence-electron chi connectivity index (χ0n) is 14.4. The van der Waals surface area contributed by atoms with Crippen molar-refractivity contribution in [2.45, 2.75) is 32.5 Å². The molecule has 0 bridgehead atoms. The lowest BCUT2D eigenvalue weighted by Gasteiger charge is -2.08. The first-order chi connectivity index (χ1) is 12.1. The van der Waals surface area contributed by atoms with Gasteiger partial charge >= 0.3 is 0 Å². The molecule has 2 heterocycles. The van der Waals surface area contributed by atoms with E-state index < -0.39 is 0 Å². The Hall–Kier alpha value is -2.54. The van der Waals surface area contributed by atoms with Crippen molar-refractivity contribution >= 4 is 23.4 Å². The van der Waals surface area contributed by atoms with E-state index in [4.69, 9.17) is 4.42 Å². The van der Waals surface area contributed by atoms with E-state index in [2.05, 4.69) is 15.5 Å². The number of anilines is 1. The smallest absolute Gasteiger partial charge is 0.234 e. The molecule has 0 aliphatic heterocycles. The molecule has 0 spiro atoms. The van der Waals surface area contributed by atoms with E-state index in [0.717, 1.165) is 40.1 Å². The van der Waals surface area contributed by atoms with Crippen molar-refractivity contribution in [1.29, 1.82) is 0 Å². The molecule has 0 saturated carbocycles. The highest BCUT2D eigenvalue weighted by Crippen LogP contribution is 2.27. The molecule has 130 valence electrons. The van der Waals surface area contributed by atoms with Crippen molar-refractivity contribution in [3.63, 3.8) is 0 Å². The number of aryl methyl sites for hydroxylation is 2. The van der Waals surface area contributed by atoms with Gasteiger partial charge in [0.15, 0.2) is 11.0 Å². The van der Waals surface area contributed by atoms with Gasteiger partial charge in [0, 0.05) is 12.2 Å². The molecule has 1 aromatic carbocycles. The molecule has 0 atom stereocenters. The zero-order valence-corrected chi connectivity index (χ0v) is 15.3. The normalized spacial score (nSPS) is 10.8. The van der Waals surface area contributed by atoms with E-state index in [1.165, 1.54) is 11.8 Å². The third kappa shape index (κ3) is 3.93. The van der Waals surface area contributed by atoms with Gasteiger partial charge in [-0.15, -0.1) is 10.2 Å². The van der Waals surface area contributed by atoms with Crippen LogP contribution >= 0.6 is 11.8 Å². The first-order valence-corrected chi connectivity index (χ1v) is 9.04. The molecule has 25 heavy (non-hydrogen) atoms. The molecule has 3 aromatic rings. The first kappa shape index (κ1) is 17.3. The van der Waals surface area contributed by atoms with E-state index in [-0.39, 0.29) is 11.7 Å². The zero-order chi connectivity index (χ0) is 17.8. The molecule has 7 heteroatoms. The van der Waals surface area contributed by atoms with Crippen LogP contribution in [0.5, 0.6) is 0 Å². The highest BCUT2D eigenvalue weighted by atomic mass is 32.2. The Morgan fingerprint density at radius 1 is 1.28 bits per heavy atom.